The highest BCUT2D eigenvalue weighted by atomic mass is 16.3. The van der Waals surface area contributed by atoms with Crippen molar-refractivity contribution in [3.63, 3.8) is 0 Å². The van der Waals surface area contributed by atoms with Crippen LogP contribution < -0.4 is 0 Å². The van der Waals surface area contributed by atoms with Gasteiger partial charge in [0.25, 0.3) is 0 Å². The number of furan rings is 1. The minimum atomic E-state index is 0.449. The van der Waals surface area contributed by atoms with E-state index in [9.17, 15) is 10.5 Å². The van der Waals surface area contributed by atoms with Crippen molar-refractivity contribution in [2.75, 3.05) is 0 Å². The molecule has 0 radical (unpaired) electrons. The molecule has 0 fully saturated rings. The zero-order valence-electron chi connectivity index (χ0n) is 19.1. The topological polar surface area (TPSA) is 65.7 Å². The van der Waals surface area contributed by atoms with Gasteiger partial charge < -0.3 is 8.98 Å². The lowest BCUT2D eigenvalue weighted by Gasteiger charge is -2.12. The van der Waals surface area contributed by atoms with Gasteiger partial charge in [-0.15, -0.1) is 0 Å². The zero-order chi connectivity index (χ0) is 24.2. The summed E-state index contributed by atoms with van der Waals surface area (Å²) < 4.78 is 8.47. The van der Waals surface area contributed by atoms with Gasteiger partial charge in [-0.3, -0.25) is 0 Å². The number of aromatic nitrogens is 1. The van der Waals surface area contributed by atoms with Crippen LogP contribution in [0.15, 0.2) is 108 Å². The van der Waals surface area contributed by atoms with Gasteiger partial charge in [0.2, 0.25) is 0 Å². The van der Waals surface area contributed by atoms with Crippen molar-refractivity contribution in [2.45, 2.75) is 0 Å². The lowest BCUT2D eigenvalue weighted by Crippen LogP contribution is -2.01. The molecule has 0 N–H and O–H groups in total. The fraction of sp³-hybridized carbons (Fsp3) is 0. The molecule has 2 aromatic heterocycles. The fourth-order valence-corrected chi connectivity index (χ4v) is 5.30. The molecule has 7 rings (SSSR count). The van der Waals surface area contributed by atoms with Crippen LogP contribution in [0.3, 0.4) is 0 Å². The Morgan fingerprint density at radius 1 is 0.583 bits per heavy atom. The standard InChI is InChI=1S/C32H17N3O/c33-18-22-9-6-10-23(19-34)31(22)35-27-15-13-21(20-7-2-1-3-8-20)17-26(27)30-28(35)16-14-25-24-11-4-5-12-29(24)36-32(25)30/h1-17H. The molecule has 2 heterocycles. The third kappa shape index (κ3) is 2.73. The van der Waals surface area contributed by atoms with Gasteiger partial charge in [-0.25, -0.2) is 0 Å². The highest BCUT2D eigenvalue weighted by molar-refractivity contribution is 6.24. The number of hydrogen-bond donors (Lipinski definition) is 0. The second-order valence-electron chi connectivity index (χ2n) is 8.79. The van der Waals surface area contributed by atoms with E-state index in [1.54, 1.807) is 18.2 Å². The van der Waals surface area contributed by atoms with Gasteiger partial charge >= 0.3 is 0 Å². The van der Waals surface area contributed by atoms with Gasteiger partial charge in [-0.2, -0.15) is 10.5 Å². The Bertz CT molecular complexity index is 2030. The molecule has 0 atom stereocenters. The first-order chi connectivity index (χ1) is 17.8. The number of para-hydroxylation sites is 2. The molecule has 0 aliphatic heterocycles. The maximum atomic E-state index is 9.95. The Hall–Kier alpha value is -5.32. The molecule has 0 amide bonds. The quantitative estimate of drug-likeness (QED) is 0.262. The Morgan fingerprint density at radius 3 is 2.08 bits per heavy atom. The predicted molar refractivity (Wildman–Crippen MR) is 143 cm³/mol. The van der Waals surface area contributed by atoms with Crippen LogP contribution in [-0.2, 0) is 0 Å². The van der Waals surface area contributed by atoms with E-state index in [2.05, 4.69) is 60.7 Å². The number of hydrogen-bond acceptors (Lipinski definition) is 3. The van der Waals surface area contributed by atoms with Crippen LogP contribution in [-0.4, -0.2) is 4.57 Å². The molecule has 4 heteroatoms. The largest absolute Gasteiger partial charge is 0.455 e. The first-order valence-corrected chi connectivity index (χ1v) is 11.7. The van der Waals surface area contributed by atoms with Crippen LogP contribution in [0.5, 0.6) is 0 Å². The van der Waals surface area contributed by atoms with Crippen LogP contribution >= 0.6 is 0 Å². The molecule has 0 bridgehead atoms. The number of benzene rings is 5. The average Bonchev–Trinajstić information content (AvgIpc) is 3.48. The summed E-state index contributed by atoms with van der Waals surface area (Å²) >= 11 is 0. The first kappa shape index (κ1) is 20.1. The van der Waals surface area contributed by atoms with E-state index in [-0.39, 0.29) is 0 Å². The Balaban J connectivity index is 1.71. The van der Waals surface area contributed by atoms with Crippen molar-refractivity contribution in [2.24, 2.45) is 0 Å². The number of fused-ring (bicyclic) bond motifs is 7. The van der Waals surface area contributed by atoms with Crippen molar-refractivity contribution >= 4 is 43.7 Å². The molecule has 4 nitrogen and oxygen atoms in total. The molecule has 0 saturated heterocycles. The van der Waals surface area contributed by atoms with Gasteiger partial charge in [-0.05, 0) is 53.6 Å². The minimum Gasteiger partial charge on any atom is -0.455 e. The van der Waals surface area contributed by atoms with E-state index in [0.29, 0.717) is 16.8 Å². The molecule has 0 aliphatic rings. The SMILES string of the molecule is N#Cc1cccc(C#N)c1-n1c2ccc(-c3ccccc3)cc2c2c3oc4ccccc4c3ccc21. The summed E-state index contributed by atoms with van der Waals surface area (Å²) in [5.74, 6) is 0. The summed E-state index contributed by atoms with van der Waals surface area (Å²) in [5, 5.41) is 24.0. The Morgan fingerprint density at radius 2 is 1.31 bits per heavy atom. The molecule has 0 spiro atoms. The molecule has 5 aromatic carbocycles. The van der Waals surface area contributed by atoms with Crippen molar-refractivity contribution in [3.8, 4) is 29.0 Å². The van der Waals surface area contributed by atoms with E-state index in [1.165, 1.54) is 0 Å². The fourth-order valence-electron chi connectivity index (χ4n) is 5.30. The first-order valence-electron chi connectivity index (χ1n) is 11.7. The number of nitriles is 2. The summed E-state index contributed by atoms with van der Waals surface area (Å²) in [6.45, 7) is 0. The summed E-state index contributed by atoms with van der Waals surface area (Å²) in [6, 6.07) is 38.6. The van der Waals surface area contributed by atoms with Crippen LogP contribution in [0.25, 0.3) is 60.6 Å². The molecule has 0 unspecified atom stereocenters. The predicted octanol–water partition coefficient (Wildman–Crippen LogP) is 8.09. The smallest absolute Gasteiger partial charge is 0.145 e. The third-order valence-electron chi connectivity index (χ3n) is 6.88. The van der Waals surface area contributed by atoms with E-state index in [0.717, 1.165) is 54.9 Å². The summed E-state index contributed by atoms with van der Waals surface area (Å²) in [4.78, 5) is 0. The lowest BCUT2D eigenvalue weighted by atomic mass is 10.0. The highest BCUT2D eigenvalue weighted by Gasteiger charge is 2.22. The number of rotatable bonds is 2. The second-order valence-corrected chi connectivity index (χ2v) is 8.79. The van der Waals surface area contributed by atoms with Crippen LogP contribution in [0.4, 0.5) is 0 Å². The maximum Gasteiger partial charge on any atom is 0.145 e. The molecular formula is C32H17N3O. The van der Waals surface area contributed by atoms with E-state index in [4.69, 9.17) is 4.42 Å². The van der Waals surface area contributed by atoms with Crippen molar-refractivity contribution < 1.29 is 4.42 Å². The Kier molecular flexibility index (Phi) is 4.24. The number of nitrogens with zero attached hydrogens (tertiary/aromatic N) is 3. The van der Waals surface area contributed by atoms with E-state index >= 15 is 0 Å². The van der Waals surface area contributed by atoms with Crippen LogP contribution in [0.2, 0.25) is 0 Å². The Labute approximate surface area is 206 Å². The highest BCUT2D eigenvalue weighted by Crippen LogP contribution is 2.42. The van der Waals surface area contributed by atoms with Gasteiger partial charge in [0.05, 0.1) is 33.2 Å². The van der Waals surface area contributed by atoms with Gasteiger partial charge in [-0.1, -0.05) is 60.7 Å². The van der Waals surface area contributed by atoms with Crippen molar-refractivity contribution in [1.29, 1.82) is 10.5 Å². The van der Waals surface area contributed by atoms with Gasteiger partial charge in [0.15, 0.2) is 0 Å². The molecule has 36 heavy (non-hydrogen) atoms. The molecular weight excluding hydrogens is 442 g/mol. The lowest BCUT2D eigenvalue weighted by molar-refractivity contribution is 0.673. The third-order valence-corrected chi connectivity index (χ3v) is 6.88. The average molecular weight is 460 g/mol. The summed E-state index contributed by atoms with van der Waals surface area (Å²) in [5.41, 5.74) is 7.13. The molecule has 166 valence electrons. The monoisotopic (exact) mass is 459 g/mol. The van der Waals surface area contributed by atoms with Crippen LogP contribution in [0, 0.1) is 22.7 Å². The van der Waals surface area contributed by atoms with Gasteiger partial charge in [0.1, 0.15) is 23.3 Å². The molecule has 7 aromatic rings. The maximum absolute atomic E-state index is 9.95. The summed E-state index contributed by atoms with van der Waals surface area (Å²) in [7, 11) is 0. The van der Waals surface area contributed by atoms with Gasteiger partial charge in [0, 0.05) is 16.2 Å². The second kappa shape index (κ2) is 7.60. The van der Waals surface area contributed by atoms with E-state index < -0.39 is 0 Å². The minimum absolute atomic E-state index is 0.449. The zero-order valence-corrected chi connectivity index (χ0v) is 19.1. The molecule has 0 aliphatic carbocycles. The van der Waals surface area contributed by atoms with E-state index in [1.807, 2.05) is 41.0 Å². The normalized spacial score (nSPS) is 11.3. The van der Waals surface area contributed by atoms with Crippen molar-refractivity contribution in [1.82, 2.24) is 4.57 Å². The van der Waals surface area contributed by atoms with Crippen LogP contribution in [0.1, 0.15) is 11.1 Å². The summed E-state index contributed by atoms with van der Waals surface area (Å²) in [6.07, 6.45) is 0. The van der Waals surface area contributed by atoms with Crippen molar-refractivity contribution in [3.05, 3.63) is 114 Å². The molecule has 0 saturated carbocycles.